The second kappa shape index (κ2) is 8.04. The molecule has 4 nitrogen and oxygen atoms in total. The van der Waals surface area contributed by atoms with Gasteiger partial charge in [-0.3, -0.25) is 4.79 Å². The van der Waals surface area contributed by atoms with Crippen LogP contribution in [-0.2, 0) is 9.84 Å². The van der Waals surface area contributed by atoms with Crippen LogP contribution in [0, 0.1) is 0 Å². The van der Waals surface area contributed by atoms with E-state index < -0.39 is 9.84 Å². The minimum Gasteiger partial charge on any atom is -0.335 e. The van der Waals surface area contributed by atoms with Crippen molar-refractivity contribution in [3.8, 4) is 11.1 Å². The van der Waals surface area contributed by atoms with Crippen molar-refractivity contribution in [3.05, 3.63) is 60.2 Å². The van der Waals surface area contributed by atoms with E-state index in [1.807, 2.05) is 54.6 Å². The zero-order valence-corrected chi connectivity index (χ0v) is 15.9. The first-order valence-electron chi connectivity index (χ1n) is 9.17. The topological polar surface area (TPSA) is 54.5 Å². The number of amides is 1. The summed E-state index contributed by atoms with van der Waals surface area (Å²) in [6, 6.07) is 17.4. The lowest BCUT2D eigenvalue weighted by atomic mass is 10.0. The summed E-state index contributed by atoms with van der Waals surface area (Å²) in [5.41, 5.74) is 2.78. The molecule has 0 aliphatic carbocycles. The smallest absolute Gasteiger partial charge is 0.254 e. The van der Waals surface area contributed by atoms with Crippen LogP contribution in [0.25, 0.3) is 11.1 Å². The van der Waals surface area contributed by atoms with Gasteiger partial charge in [0.05, 0.1) is 11.5 Å². The van der Waals surface area contributed by atoms with E-state index in [9.17, 15) is 13.2 Å². The van der Waals surface area contributed by atoms with Crippen LogP contribution in [-0.4, -0.2) is 43.3 Å². The average Bonchev–Trinajstić information content (AvgIpc) is 3.02. The normalized spacial score (nSPS) is 18.6. The van der Waals surface area contributed by atoms with E-state index in [4.69, 9.17) is 0 Å². The number of rotatable bonds is 6. The Morgan fingerprint density at radius 3 is 2.27 bits per heavy atom. The Hall–Kier alpha value is -2.14. The molecule has 0 spiro atoms. The van der Waals surface area contributed by atoms with E-state index in [2.05, 4.69) is 6.92 Å². The molecule has 1 fully saturated rings. The highest BCUT2D eigenvalue weighted by Crippen LogP contribution is 2.23. The maximum atomic E-state index is 13.0. The summed E-state index contributed by atoms with van der Waals surface area (Å²) in [6.07, 6.45) is 2.39. The summed E-state index contributed by atoms with van der Waals surface area (Å²) in [6.45, 7) is 2.68. The maximum absolute atomic E-state index is 13.0. The Bertz CT molecular complexity index is 845. The van der Waals surface area contributed by atoms with Crippen LogP contribution in [0.2, 0.25) is 0 Å². The Labute approximate surface area is 155 Å². The molecule has 0 saturated carbocycles. The third-order valence-corrected chi connectivity index (χ3v) is 6.65. The van der Waals surface area contributed by atoms with Gasteiger partial charge in [-0.1, -0.05) is 55.8 Å². The molecule has 2 aromatic rings. The summed E-state index contributed by atoms with van der Waals surface area (Å²) < 4.78 is 23.7. The van der Waals surface area contributed by atoms with E-state index in [1.165, 1.54) is 0 Å². The van der Waals surface area contributed by atoms with E-state index in [1.54, 1.807) is 4.90 Å². The molecule has 0 radical (unpaired) electrons. The van der Waals surface area contributed by atoms with Crippen LogP contribution < -0.4 is 0 Å². The quantitative estimate of drug-likeness (QED) is 0.776. The lowest BCUT2D eigenvalue weighted by molar-refractivity contribution is 0.0694. The second-order valence-electron chi connectivity index (χ2n) is 6.85. The summed E-state index contributed by atoms with van der Waals surface area (Å²) in [4.78, 5) is 14.8. The number of sulfone groups is 1. The Morgan fingerprint density at radius 1 is 1.04 bits per heavy atom. The number of unbranched alkanes of at least 4 members (excludes halogenated alkanes) is 1. The first-order chi connectivity index (χ1) is 12.5. The first kappa shape index (κ1) is 18.6. The molecule has 1 aliphatic rings. The van der Waals surface area contributed by atoms with Crippen molar-refractivity contribution in [2.45, 2.75) is 32.2 Å². The van der Waals surface area contributed by atoms with E-state index in [0.29, 0.717) is 18.5 Å². The molecule has 3 rings (SSSR count). The Balaban J connectivity index is 1.80. The number of hydrogen-bond acceptors (Lipinski definition) is 3. The van der Waals surface area contributed by atoms with Gasteiger partial charge < -0.3 is 4.90 Å². The molecule has 2 aromatic carbocycles. The standard InChI is InChI=1S/C21H25NO3S/c1-2-3-14-22(20-13-15-26(24,25)16-20)21(23)19-11-9-18(10-12-19)17-7-5-4-6-8-17/h4-12,20H,2-3,13-16H2,1H3. The number of carbonyl (C=O) groups excluding carboxylic acids is 1. The number of benzene rings is 2. The molecule has 1 atom stereocenters. The van der Waals surface area contributed by atoms with Crippen LogP contribution in [0.3, 0.4) is 0 Å². The van der Waals surface area contributed by atoms with Gasteiger partial charge in [0.2, 0.25) is 0 Å². The first-order valence-corrected chi connectivity index (χ1v) is 11.0. The molecule has 0 aromatic heterocycles. The fraction of sp³-hybridized carbons (Fsp3) is 0.381. The molecule has 1 saturated heterocycles. The number of hydrogen-bond donors (Lipinski definition) is 0. The summed E-state index contributed by atoms with van der Waals surface area (Å²) >= 11 is 0. The van der Waals surface area contributed by atoms with E-state index >= 15 is 0 Å². The second-order valence-corrected chi connectivity index (χ2v) is 9.08. The Morgan fingerprint density at radius 2 is 1.69 bits per heavy atom. The zero-order valence-electron chi connectivity index (χ0n) is 15.1. The summed E-state index contributed by atoms with van der Waals surface area (Å²) in [7, 11) is -3.02. The Kier molecular flexibility index (Phi) is 5.77. The van der Waals surface area contributed by atoms with Gasteiger partial charge in [-0.05, 0) is 36.1 Å². The highest BCUT2D eigenvalue weighted by molar-refractivity contribution is 7.91. The average molecular weight is 372 g/mol. The van der Waals surface area contributed by atoms with Crippen molar-refractivity contribution < 1.29 is 13.2 Å². The SMILES string of the molecule is CCCCN(C(=O)c1ccc(-c2ccccc2)cc1)C1CCS(=O)(=O)C1. The van der Waals surface area contributed by atoms with Gasteiger partial charge in [0.15, 0.2) is 9.84 Å². The van der Waals surface area contributed by atoms with E-state index in [0.717, 1.165) is 24.0 Å². The van der Waals surface area contributed by atoms with Crippen LogP contribution >= 0.6 is 0 Å². The van der Waals surface area contributed by atoms with Gasteiger partial charge in [0.1, 0.15) is 0 Å². The molecule has 1 heterocycles. The fourth-order valence-electron chi connectivity index (χ4n) is 3.40. The van der Waals surface area contributed by atoms with Gasteiger partial charge in [0, 0.05) is 18.2 Å². The van der Waals surface area contributed by atoms with Gasteiger partial charge in [-0.15, -0.1) is 0 Å². The third kappa shape index (κ3) is 4.33. The van der Waals surface area contributed by atoms with Crippen molar-refractivity contribution in [3.63, 3.8) is 0 Å². The van der Waals surface area contributed by atoms with E-state index in [-0.39, 0.29) is 23.5 Å². The molecule has 1 aliphatic heterocycles. The summed E-state index contributed by atoms with van der Waals surface area (Å²) in [5, 5.41) is 0. The van der Waals surface area contributed by atoms with Crippen molar-refractivity contribution in [1.29, 1.82) is 0 Å². The number of carbonyl (C=O) groups is 1. The third-order valence-electron chi connectivity index (χ3n) is 4.90. The highest BCUT2D eigenvalue weighted by atomic mass is 32.2. The molecule has 1 unspecified atom stereocenters. The minimum absolute atomic E-state index is 0.0693. The molecule has 0 N–H and O–H groups in total. The largest absolute Gasteiger partial charge is 0.335 e. The van der Waals surface area contributed by atoms with Gasteiger partial charge in [-0.25, -0.2) is 8.42 Å². The lowest BCUT2D eigenvalue weighted by Gasteiger charge is -2.28. The predicted molar refractivity (Wildman–Crippen MR) is 105 cm³/mol. The van der Waals surface area contributed by atoms with Crippen LogP contribution in [0.1, 0.15) is 36.5 Å². The van der Waals surface area contributed by atoms with Crippen molar-refractivity contribution in [2.75, 3.05) is 18.1 Å². The van der Waals surface area contributed by atoms with Crippen molar-refractivity contribution in [1.82, 2.24) is 4.90 Å². The van der Waals surface area contributed by atoms with Crippen LogP contribution in [0.5, 0.6) is 0 Å². The molecule has 0 bridgehead atoms. The monoisotopic (exact) mass is 371 g/mol. The van der Waals surface area contributed by atoms with Gasteiger partial charge in [0.25, 0.3) is 5.91 Å². The molecule has 26 heavy (non-hydrogen) atoms. The number of nitrogens with zero attached hydrogens (tertiary/aromatic N) is 1. The zero-order chi connectivity index (χ0) is 18.6. The summed E-state index contributed by atoms with van der Waals surface area (Å²) in [5.74, 6) is 0.200. The lowest BCUT2D eigenvalue weighted by Crippen LogP contribution is -2.41. The molecule has 1 amide bonds. The fourth-order valence-corrected chi connectivity index (χ4v) is 5.13. The molecule has 138 valence electrons. The minimum atomic E-state index is -3.02. The van der Waals surface area contributed by atoms with Crippen LogP contribution in [0.4, 0.5) is 0 Å². The molecule has 5 heteroatoms. The van der Waals surface area contributed by atoms with Crippen molar-refractivity contribution in [2.24, 2.45) is 0 Å². The van der Waals surface area contributed by atoms with Crippen LogP contribution in [0.15, 0.2) is 54.6 Å². The van der Waals surface area contributed by atoms with Gasteiger partial charge >= 0.3 is 0 Å². The maximum Gasteiger partial charge on any atom is 0.254 e. The molecular weight excluding hydrogens is 346 g/mol. The van der Waals surface area contributed by atoms with Gasteiger partial charge in [-0.2, -0.15) is 0 Å². The highest BCUT2D eigenvalue weighted by Gasteiger charge is 2.34. The van der Waals surface area contributed by atoms with Crippen molar-refractivity contribution >= 4 is 15.7 Å². The molecular formula is C21H25NO3S. The predicted octanol–water partition coefficient (Wildman–Crippen LogP) is 3.78.